The maximum Gasteiger partial charge on any atom is 0.456 e. The van der Waals surface area contributed by atoms with Gasteiger partial charge < -0.3 is 0 Å². The van der Waals surface area contributed by atoms with Gasteiger partial charge in [-0.3, -0.25) is 0 Å². The van der Waals surface area contributed by atoms with E-state index in [1.807, 2.05) is 0 Å². The third-order valence-electron chi connectivity index (χ3n) is 1.29. The minimum absolute atomic E-state index is 4.89. The summed E-state index contributed by atoms with van der Waals surface area (Å²) < 4.78 is 115. The Morgan fingerprint density at radius 3 is 1.13 bits per heavy atom. The maximum atomic E-state index is 12.0. The van der Waals surface area contributed by atoms with Crippen molar-refractivity contribution in [2.24, 2.45) is 0 Å². The molecule has 2 unspecified atom stereocenters. The second-order valence-corrected chi connectivity index (χ2v) is 2.47. The third-order valence-corrected chi connectivity index (χ3v) is 1.29. The molecule has 0 nitrogen and oxygen atoms in total. The van der Waals surface area contributed by atoms with E-state index < -0.39 is 30.6 Å². The van der Waals surface area contributed by atoms with Gasteiger partial charge in [0.15, 0.2) is 0 Å². The molecule has 0 radical (unpaired) electrons. The molecule has 0 heterocycles. The van der Waals surface area contributed by atoms with E-state index in [0.29, 0.717) is 0 Å². The fourth-order valence-corrected chi connectivity index (χ4v) is 0.506. The van der Waals surface area contributed by atoms with Crippen LogP contribution >= 0.6 is 0 Å². The van der Waals surface area contributed by atoms with Gasteiger partial charge in [-0.2, -0.15) is 35.1 Å². The zero-order chi connectivity index (χ0) is 12.7. The van der Waals surface area contributed by atoms with E-state index in [4.69, 9.17) is 0 Å². The van der Waals surface area contributed by atoms with Gasteiger partial charge in [0.25, 0.3) is 0 Å². The molecule has 0 aliphatic carbocycles. The SMILES string of the molecule is FC(C(F)C(F)(F)C(F)(F)F)C(F)(F)F. The molecule has 0 aromatic carbocycles. The van der Waals surface area contributed by atoms with Crippen molar-refractivity contribution in [1.82, 2.24) is 0 Å². The molecule has 0 spiro atoms. The van der Waals surface area contributed by atoms with Crippen molar-refractivity contribution in [2.75, 3.05) is 0 Å². The summed E-state index contributed by atoms with van der Waals surface area (Å²) in [5.41, 5.74) is 0. The zero-order valence-electron chi connectivity index (χ0n) is 6.43. The first kappa shape index (κ1) is 14.3. The highest BCUT2D eigenvalue weighted by molar-refractivity contribution is 4.91. The van der Waals surface area contributed by atoms with Gasteiger partial charge in [0.1, 0.15) is 0 Å². The molecule has 15 heavy (non-hydrogen) atoms. The van der Waals surface area contributed by atoms with Crippen LogP contribution in [0.5, 0.6) is 0 Å². The van der Waals surface area contributed by atoms with E-state index in [9.17, 15) is 43.9 Å². The van der Waals surface area contributed by atoms with Gasteiger partial charge in [0, 0.05) is 0 Å². The van der Waals surface area contributed by atoms with Crippen LogP contribution in [0.15, 0.2) is 0 Å². The minimum atomic E-state index is -6.58. The van der Waals surface area contributed by atoms with Crippen LogP contribution in [0.4, 0.5) is 43.9 Å². The Morgan fingerprint density at radius 1 is 0.600 bits per heavy atom. The van der Waals surface area contributed by atoms with Crippen molar-refractivity contribution in [2.45, 2.75) is 30.6 Å². The highest BCUT2D eigenvalue weighted by atomic mass is 19.4. The second kappa shape index (κ2) is 3.71. The summed E-state index contributed by atoms with van der Waals surface area (Å²) in [6, 6.07) is 0. The van der Waals surface area contributed by atoms with Crippen molar-refractivity contribution in [3.05, 3.63) is 0 Å². The van der Waals surface area contributed by atoms with Crippen LogP contribution in [0.2, 0.25) is 0 Å². The lowest BCUT2D eigenvalue weighted by atomic mass is 10.1. The van der Waals surface area contributed by atoms with Crippen LogP contribution in [0.1, 0.15) is 0 Å². The van der Waals surface area contributed by atoms with Crippen LogP contribution in [0.25, 0.3) is 0 Å². The predicted octanol–water partition coefficient (Wildman–Crippen LogP) is 3.42. The fraction of sp³-hybridized carbons (Fsp3) is 1.00. The Bertz CT molecular complexity index is 211. The van der Waals surface area contributed by atoms with E-state index in [0.717, 1.165) is 0 Å². The van der Waals surface area contributed by atoms with Gasteiger partial charge >= 0.3 is 18.3 Å². The fourth-order valence-electron chi connectivity index (χ4n) is 0.506. The van der Waals surface area contributed by atoms with Gasteiger partial charge in [0.2, 0.25) is 12.3 Å². The summed E-state index contributed by atoms with van der Waals surface area (Å²) in [5, 5.41) is 0. The highest BCUT2D eigenvalue weighted by Crippen LogP contribution is 2.43. The first-order valence-corrected chi connectivity index (χ1v) is 3.11. The van der Waals surface area contributed by atoms with E-state index in [1.165, 1.54) is 0 Å². The molecule has 0 bridgehead atoms. The van der Waals surface area contributed by atoms with Crippen molar-refractivity contribution >= 4 is 0 Å². The largest absolute Gasteiger partial charge is 0.456 e. The second-order valence-electron chi connectivity index (χ2n) is 2.47. The molecule has 2 atom stereocenters. The Balaban J connectivity index is 4.94. The van der Waals surface area contributed by atoms with Crippen LogP contribution in [-0.4, -0.2) is 30.6 Å². The first-order chi connectivity index (χ1) is 6.32. The van der Waals surface area contributed by atoms with Gasteiger partial charge in [0.05, 0.1) is 0 Å². The molecule has 0 aromatic rings. The lowest BCUT2D eigenvalue weighted by molar-refractivity contribution is -0.324. The number of rotatable bonds is 2. The lowest BCUT2D eigenvalue weighted by Gasteiger charge is -2.26. The topological polar surface area (TPSA) is 0 Å². The molecule has 0 saturated carbocycles. The Labute approximate surface area is 75.9 Å². The maximum absolute atomic E-state index is 12.0. The molecular weight excluding hydrogens is 250 g/mol. The van der Waals surface area contributed by atoms with E-state index in [-0.39, 0.29) is 0 Å². The molecule has 0 amide bonds. The van der Waals surface area contributed by atoms with Gasteiger partial charge in [-0.25, -0.2) is 8.78 Å². The molecule has 0 aliphatic heterocycles. The normalized spacial score (nSPS) is 18.8. The van der Waals surface area contributed by atoms with Crippen molar-refractivity contribution in [3.8, 4) is 0 Å². The van der Waals surface area contributed by atoms with Crippen LogP contribution < -0.4 is 0 Å². The smallest absolute Gasteiger partial charge is 0.237 e. The molecule has 0 fully saturated rings. The summed E-state index contributed by atoms with van der Waals surface area (Å²) >= 11 is 0. The summed E-state index contributed by atoms with van der Waals surface area (Å²) in [6.07, 6.45) is -22.6. The Hall–Kier alpha value is -0.700. The van der Waals surface area contributed by atoms with E-state index >= 15 is 0 Å². The number of hydrogen-bond acceptors (Lipinski definition) is 0. The third kappa shape index (κ3) is 2.88. The molecule has 10 heteroatoms. The predicted molar refractivity (Wildman–Crippen MR) is 26.8 cm³/mol. The van der Waals surface area contributed by atoms with Gasteiger partial charge in [-0.15, -0.1) is 0 Å². The molecular formula is C5H2F10. The minimum Gasteiger partial charge on any atom is -0.237 e. The number of hydrogen-bond donors (Lipinski definition) is 0. The standard InChI is InChI=1S/C5H2F10/c6-1(2(7)4(10,11)12)3(8,9)5(13,14)15/h1-2H. The van der Waals surface area contributed by atoms with Gasteiger partial charge in [-0.1, -0.05) is 0 Å². The quantitative estimate of drug-likeness (QED) is 0.660. The first-order valence-electron chi connectivity index (χ1n) is 3.11. The monoisotopic (exact) mass is 252 g/mol. The summed E-state index contributed by atoms with van der Waals surface area (Å²) in [4.78, 5) is 0. The Kier molecular flexibility index (Phi) is 3.53. The van der Waals surface area contributed by atoms with Crippen molar-refractivity contribution in [3.63, 3.8) is 0 Å². The molecule has 0 rings (SSSR count). The molecule has 0 aromatic heterocycles. The van der Waals surface area contributed by atoms with Crippen LogP contribution in [-0.2, 0) is 0 Å². The number of halogens is 10. The van der Waals surface area contributed by atoms with Crippen LogP contribution in [0.3, 0.4) is 0 Å². The van der Waals surface area contributed by atoms with Crippen molar-refractivity contribution < 1.29 is 43.9 Å². The summed E-state index contributed by atoms with van der Waals surface area (Å²) in [5.74, 6) is -6.39. The zero-order valence-corrected chi connectivity index (χ0v) is 6.43. The summed E-state index contributed by atoms with van der Waals surface area (Å²) in [6.45, 7) is 0. The Morgan fingerprint density at radius 2 is 0.933 bits per heavy atom. The highest BCUT2D eigenvalue weighted by Gasteiger charge is 2.69. The van der Waals surface area contributed by atoms with Gasteiger partial charge in [-0.05, 0) is 0 Å². The average Bonchev–Trinajstić information content (AvgIpc) is 1.97. The average molecular weight is 252 g/mol. The molecule has 0 N–H and O–H groups in total. The summed E-state index contributed by atoms with van der Waals surface area (Å²) in [7, 11) is 0. The number of alkyl halides is 10. The van der Waals surface area contributed by atoms with E-state index in [1.54, 1.807) is 0 Å². The molecule has 92 valence electrons. The van der Waals surface area contributed by atoms with E-state index in [2.05, 4.69) is 0 Å². The lowest BCUT2D eigenvalue weighted by Crippen LogP contribution is -2.52. The molecule has 0 saturated heterocycles. The van der Waals surface area contributed by atoms with Crippen molar-refractivity contribution in [1.29, 1.82) is 0 Å². The molecule has 0 aliphatic rings. The van der Waals surface area contributed by atoms with Crippen LogP contribution in [0, 0.1) is 0 Å².